The Morgan fingerprint density at radius 3 is 2.59 bits per heavy atom. The maximum atomic E-state index is 13.3. The van der Waals surface area contributed by atoms with Crippen LogP contribution in [0.3, 0.4) is 0 Å². The fraction of sp³-hybridized carbons (Fsp3) is 0.182. The van der Waals surface area contributed by atoms with Crippen LogP contribution in [0.25, 0.3) is 27.8 Å². The standard InChI is InChI=1S/C22H20N2O2S/c1-15-8-10-17(11-9-15)27(25,26)24-14-16-13-21-18(6-4-12-23(21)2)19-5-3-7-20(24)22(16)19/h3,5-11,13-14H,4,12H2,1-2H3. The third-order valence-corrected chi connectivity index (χ3v) is 7.17. The highest BCUT2D eigenvalue weighted by atomic mass is 32.2. The van der Waals surface area contributed by atoms with Gasteiger partial charge in [0.1, 0.15) is 0 Å². The van der Waals surface area contributed by atoms with E-state index in [0.29, 0.717) is 4.90 Å². The predicted molar refractivity (Wildman–Crippen MR) is 111 cm³/mol. The van der Waals surface area contributed by atoms with Crippen molar-refractivity contribution in [1.82, 2.24) is 3.97 Å². The topological polar surface area (TPSA) is 42.3 Å². The van der Waals surface area contributed by atoms with Crippen LogP contribution in [0.2, 0.25) is 0 Å². The van der Waals surface area contributed by atoms with E-state index in [1.807, 2.05) is 31.2 Å². The van der Waals surface area contributed by atoms with Crippen LogP contribution in [0.5, 0.6) is 0 Å². The molecule has 5 heteroatoms. The maximum Gasteiger partial charge on any atom is 0.268 e. The molecule has 0 amide bonds. The lowest BCUT2D eigenvalue weighted by Gasteiger charge is -2.24. The van der Waals surface area contributed by atoms with E-state index >= 15 is 0 Å². The van der Waals surface area contributed by atoms with Crippen molar-refractivity contribution in [2.75, 3.05) is 18.5 Å². The first-order chi connectivity index (χ1) is 13.0. The quantitative estimate of drug-likeness (QED) is 0.536. The second-order valence-corrected chi connectivity index (χ2v) is 9.07. The van der Waals surface area contributed by atoms with Crippen LogP contribution in [-0.4, -0.2) is 26.0 Å². The molecule has 0 radical (unpaired) electrons. The summed E-state index contributed by atoms with van der Waals surface area (Å²) in [7, 11) is -1.57. The monoisotopic (exact) mass is 376 g/mol. The van der Waals surface area contributed by atoms with E-state index in [2.05, 4.69) is 30.2 Å². The molecule has 0 aliphatic carbocycles. The van der Waals surface area contributed by atoms with Crippen molar-refractivity contribution < 1.29 is 8.42 Å². The molecule has 4 nitrogen and oxygen atoms in total. The molecule has 2 heterocycles. The Morgan fingerprint density at radius 2 is 1.81 bits per heavy atom. The van der Waals surface area contributed by atoms with E-state index in [1.165, 1.54) is 9.19 Å². The van der Waals surface area contributed by atoms with Gasteiger partial charge in [-0.05, 0) is 43.0 Å². The predicted octanol–water partition coefficient (Wildman–Crippen LogP) is 3.68. The molecule has 0 fully saturated rings. The van der Waals surface area contributed by atoms with Gasteiger partial charge in [0.05, 0.1) is 10.4 Å². The fourth-order valence-electron chi connectivity index (χ4n) is 4.06. The molecule has 136 valence electrons. The van der Waals surface area contributed by atoms with Gasteiger partial charge in [-0.25, -0.2) is 12.4 Å². The van der Waals surface area contributed by atoms with Crippen molar-refractivity contribution in [1.29, 1.82) is 0 Å². The number of benzene rings is 3. The molecule has 0 atom stereocenters. The molecule has 0 saturated carbocycles. The average molecular weight is 376 g/mol. The second kappa shape index (κ2) is 5.60. The molecule has 3 aromatic carbocycles. The summed E-state index contributed by atoms with van der Waals surface area (Å²) in [5, 5.41) is 4.28. The minimum atomic E-state index is -3.65. The number of hydrogen-bond donors (Lipinski definition) is 0. The first kappa shape index (κ1) is 16.4. The highest BCUT2D eigenvalue weighted by molar-refractivity contribution is 7.90. The lowest BCUT2D eigenvalue weighted by Crippen LogP contribution is -2.28. The lowest BCUT2D eigenvalue weighted by atomic mass is 10.0. The average Bonchev–Trinajstić information content (AvgIpc) is 3.04. The summed E-state index contributed by atoms with van der Waals surface area (Å²) >= 11 is 0. The van der Waals surface area contributed by atoms with Crippen LogP contribution in [-0.2, 0) is 10.0 Å². The highest BCUT2D eigenvalue weighted by Gasteiger charge is 2.22. The summed E-state index contributed by atoms with van der Waals surface area (Å²) in [6.07, 6.45) is 5.02. The van der Waals surface area contributed by atoms with Gasteiger partial charge in [-0.3, -0.25) is 0 Å². The smallest absolute Gasteiger partial charge is 0.268 e. The Hall–Kier alpha value is -2.79. The van der Waals surface area contributed by atoms with Crippen molar-refractivity contribution in [2.24, 2.45) is 0 Å². The van der Waals surface area contributed by atoms with E-state index < -0.39 is 10.0 Å². The SMILES string of the molecule is Cc1ccc(S(=O)(=O)n2cc3cc4c(c5cccc2c35)=CCCN4C)cc1. The van der Waals surface area contributed by atoms with Gasteiger partial charge < -0.3 is 4.90 Å². The second-order valence-electron chi connectivity index (χ2n) is 7.26. The minimum absolute atomic E-state index is 0.308. The molecule has 5 rings (SSSR count). The molecule has 27 heavy (non-hydrogen) atoms. The number of aryl methyl sites for hydroxylation is 1. The van der Waals surface area contributed by atoms with Crippen LogP contribution in [0.4, 0.5) is 5.69 Å². The summed E-state index contributed by atoms with van der Waals surface area (Å²) in [6.45, 7) is 2.93. The zero-order chi connectivity index (χ0) is 18.8. The van der Waals surface area contributed by atoms with Gasteiger partial charge in [0, 0.05) is 41.5 Å². The van der Waals surface area contributed by atoms with Gasteiger partial charge in [-0.1, -0.05) is 35.9 Å². The minimum Gasteiger partial charge on any atom is -0.374 e. The normalized spacial score (nSPS) is 14.5. The number of nitrogens with zero attached hydrogens (tertiary/aromatic N) is 2. The number of aromatic nitrogens is 1. The molecule has 0 bridgehead atoms. The van der Waals surface area contributed by atoms with Crippen molar-refractivity contribution in [3.05, 3.63) is 65.5 Å². The molecule has 0 saturated heterocycles. The number of hydrogen-bond acceptors (Lipinski definition) is 3. The summed E-state index contributed by atoms with van der Waals surface area (Å²) in [5.74, 6) is 0. The Morgan fingerprint density at radius 1 is 1.04 bits per heavy atom. The molecule has 1 aromatic heterocycles. The fourth-order valence-corrected chi connectivity index (χ4v) is 5.43. The summed E-state index contributed by atoms with van der Waals surface area (Å²) in [6, 6.07) is 15.1. The van der Waals surface area contributed by atoms with Crippen molar-refractivity contribution in [3.8, 4) is 0 Å². The summed E-state index contributed by atoms with van der Waals surface area (Å²) in [5.41, 5.74) is 2.93. The van der Waals surface area contributed by atoms with Crippen molar-refractivity contribution in [3.63, 3.8) is 0 Å². The summed E-state index contributed by atoms with van der Waals surface area (Å²) < 4.78 is 28.1. The van der Waals surface area contributed by atoms with E-state index in [4.69, 9.17) is 0 Å². The molecular weight excluding hydrogens is 356 g/mol. The largest absolute Gasteiger partial charge is 0.374 e. The van der Waals surface area contributed by atoms with Gasteiger partial charge in [0.25, 0.3) is 10.0 Å². The van der Waals surface area contributed by atoms with Crippen LogP contribution < -0.4 is 10.1 Å². The van der Waals surface area contributed by atoms with Crippen molar-refractivity contribution in [2.45, 2.75) is 18.2 Å². The lowest BCUT2D eigenvalue weighted by molar-refractivity contribution is 0.589. The Bertz CT molecular complexity index is 1350. The van der Waals surface area contributed by atoms with Crippen LogP contribution in [0, 0.1) is 6.92 Å². The summed E-state index contributed by atoms with van der Waals surface area (Å²) in [4.78, 5) is 2.55. The van der Waals surface area contributed by atoms with E-state index in [9.17, 15) is 8.42 Å². The maximum absolute atomic E-state index is 13.3. The molecule has 0 N–H and O–H groups in total. The van der Waals surface area contributed by atoms with E-state index in [-0.39, 0.29) is 0 Å². The molecular formula is C22H20N2O2S. The van der Waals surface area contributed by atoms with Gasteiger partial charge in [-0.15, -0.1) is 0 Å². The highest BCUT2D eigenvalue weighted by Crippen LogP contribution is 2.32. The number of anilines is 1. The number of fused-ring (bicyclic) bond motifs is 2. The van der Waals surface area contributed by atoms with Gasteiger partial charge in [-0.2, -0.15) is 0 Å². The van der Waals surface area contributed by atoms with Crippen LogP contribution in [0.1, 0.15) is 12.0 Å². The zero-order valence-electron chi connectivity index (χ0n) is 15.3. The van der Waals surface area contributed by atoms with Gasteiger partial charge >= 0.3 is 0 Å². The molecule has 0 spiro atoms. The third-order valence-electron chi connectivity index (χ3n) is 5.49. The van der Waals surface area contributed by atoms with E-state index in [0.717, 1.165) is 45.9 Å². The molecule has 1 aliphatic heterocycles. The first-order valence-corrected chi connectivity index (χ1v) is 10.5. The van der Waals surface area contributed by atoms with Gasteiger partial charge in [0.2, 0.25) is 0 Å². The first-order valence-electron chi connectivity index (χ1n) is 9.07. The zero-order valence-corrected chi connectivity index (χ0v) is 16.1. The Balaban J connectivity index is 1.86. The molecule has 0 unspecified atom stereocenters. The van der Waals surface area contributed by atoms with Crippen LogP contribution >= 0.6 is 0 Å². The molecule has 1 aliphatic rings. The van der Waals surface area contributed by atoms with Gasteiger partial charge in [0.15, 0.2) is 0 Å². The third kappa shape index (κ3) is 2.31. The number of rotatable bonds is 2. The van der Waals surface area contributed by atoms with E-state index in [1.54, 1.807) is 18.3 Å². The van der Waals surface area contributed by atoms with Crippen molar-refractivity contribution >= 4 is 43.5 Å². The van der Waals surface area contributed by atoms with Crippen LogP contribution in [0.15, 0.2) is 59.6 Å². The molecule has 4 aromatic rings. The Kier molecular flexibility index (Phi) is 3.40. The Labute approximate surface area is 158 Å².